The van der Waals surface area contributed by atoms with Gasteiger partial charge in [0.2, 0.25) is 5.91 Å². The molecule has 4 rings (SSSR count). The number of carbonyl (C=O) groups is 1. The van der Waals surface area contributed by atoms with Crippen LogP contribution in [0.5, 0.6) is 17.2 Å². The van der Waals surface area contributed by atoms with Crippen molar-refractivity contribution in [2.24, 2.45) is 9.98 Å². The molecule has 2 aromatic carbocycles. The lowest BCUT2D eigenvalue weighted by atomic mass is 10.1. The Labute approximate surface area is 192 Å². The zero-order valence-electron chi connectivity index (χ0n) is 18.7. The summed E-state index contributed by atoms with van der Waals surface area (Å²) in [7, 11) is 1.64. The molecule has 0 atom stereocenters. The molecule has 2 aliphatic rings. The van der Waals surface area contributed by atoms with Crippen molar-refractivity contribution in [1.29, 1.82) is 0 Å². The van der Waals surface area contributed by atoms with Gasteiger partial charge in [0, 0.05) is 34.9 Å². The topological polar surface area (TPSA) is 84.8 Å². The van der Waals surface area contributed by atoms with Crippen LogP contribution >= 0.6 is 0 Å². The van der Waals surface area contributed by atoms with E-state index in [2.05, 4.69) is 21.9 Å². The van der Waals surface area contributed by atoms with Gasteiger partial charge in [-0.05, 0) is 36.8 Å². The smallest absolute Gasteiger partial charge is 0.244 e. The van der Waals surface area contributed by atoms with Crippen LogP contribution in [0.1, 0.15) is 12.5 Å². The van der Waals surface area contributed by atoms with Crippen LogP contribution in [-0.2, 0) is 11.3 Å². The highest BCUT2D eigenvalue weighted by molar-refractivity contribution is 5.95. The third-order valence-electron chi connectivity index (χ3n) is 5.23. The number of rotatable bonds is 7. The summed E-state index contributed by atoms with van der Waals surface area (Å²) in [4.78, 5) is 23.3. The average Bonchev–Trinajstić information content (AvgIpc) is 2.83. The molecule has 0 aliphatic carbocycles. The van der Waals surface area contributed by atoms with Crippen LogP contribution in [0.15, 0.2) is 76.0 Å². The number of nitrogens with zero attached hydrogens (tertiary/aromatic N) is 3. The SMILES string of the molecule is C=C1C(C=NCc2ccc(OC)cc2)=C(C)N=CN1CC(=O)Nc1ccc2c(c1)OCCO2. The standard InChI is InChI=1S/C25H26N4O4/c1-17-22(14-26-13-19-4-7-21(31-3)8-5-19)18(2)29(16-27-17)15-25(30)28-20-6-9-23-24(12-20)33-11-10-32-23/h4-9,12,14,16H,2,10-11,13,15H2,1,3H3,(H,28,30). The number of benzene rings is 2. The Balaban J connectivity index is 1.36. The Morgan fingerprint density at radius 3 is 2.73 bits per heavy atom. The van der Waals surface area contributed by atoms with E-state index in [0.29, 0.717) is 42.6 Å². The molecule has 2 aliphatic heterocycles. The summed E-state index contributed by atoms with van der Waals surface area (Å²) in [5.74, 6) is 1.90. The molecule has 0 saturated heterocycles. The predicted molar refractivity (Wildman–Crippen MR) is 128 cm³/mol. The lowest BCUT2D eigenvalue weighted by molar-refractivity contribution is -0.116. The third kappa shape index (κ3) is 5.41. The van der Waals surface area contributed by atoms with Crippen molar-refractivity contribution in [2.75, 3.05) is 32.2 Å². The Hall–Kier alpha value is -4.07. The second-order valence-electron chi connectivity index (χ2n) is 7.54. The van der Waals surface area contributed by atoms with E-state index in [0.717, 1.165) is 22.6 Å². The van der Waals surface area contributed by atoms with E-state index in [1.54, 1.807) is 42.8 Å². The molecule has 0 fully saturated rings. The highest BCUT2D eigenvalue weighted by atomic mass is 16.6. The second kappa shape index (κ2) is 10.0. The summed E-state index contributed by atoms with van der Waals surface area (Å²) in [6.45, 7) is 7.63. The highest BCUT2D eigenvalue weighted by Gasteiger charge is 2.19. The number of hydrogen-bond donors (Lipinski definition) is 1. The molecule has 0 aromatic heterocycles. The molecule has 0 saturated carbocycles. The minimum atomic E-state index is -0.201. The zero-order valence-corrected chi connectivity index (χ0v) is 18.7. The maximum absolute atomic E-state index is 12.6. The van der Waals surface area contributed by atoms with Gasteiger partial charge < -0.3 is 24.4 Å². The number of allylic oxidation sites excluding steroid dienone is 2. The fourth-order valence-electron chi connectivity index (χ4n) is 3.41. The monoisotopic (exact) mass is 446 g/mol. The number of aliphatic imine (C=N–C) groups is 2. The van der Waals surface area contributed by atoms with Crippen LogP contribution in [0, 0.1) is 0 Å². The number of methoxy groups -OCH3 is 1. The Bertz CT molecular complexity index is 1140. The normalized spacial score (nSPS) is 15.2. The molecule has 1 N–H and O–H groups in total. The van der Waals surface area contributed by atoms with Crippen molar-refractivity contribution in [3.05, 3.63) is 71.6 Å². The molecular weight excluding hydrogens is 420 g/mol. The molecular formula is C25H26N4O4. The lowest BCUT2D eigenvalue weighted by Gasteiger charge is -2.26. The molecule has 0 unspecified atom stereocenters. The summed E-state index contributed by atoms with van der Waals surface area (Å²) in [5.41, 5.74) is 3.95. The number of anilines is 1. The van der Waals surface area contributed by atoms with Crippen molar-refractivity contribution >= 4 is 24.1 Å². The minimum absolute atomic E-state index is 0.0693. The van der Waals surface area contributed by atoms with Gasteiger partial charge in [0.1, 0.15) is 25.5 Å². The van der Waals surface area contributed by atoms with Crippen LogP contribution < -0.4 is 19.5 Å². The third-order valence-corrected chi connectivity index (χ3v) is 5.23. The second-order valence-corrected chi connectivity index (χ2v) is 7.54. The number of nitrogens with one attached hydrogen (secondary N) is 1. The highest BCUT2D eigenvalue weighted by Crippen LogP contribution is 2.32. The van der Waals surface area contributed by atoms with E-state index in [1.165, 1.54) is 0 Å². The maximum atomic E-state index is 12.6. The fourth-order valence-corrected chi connectivity index (χ4v) is 3.41. The summed E-state index contributed by atoms with van der Waals surface area (Å²) in [6, 6.07) is 13.1. The molecule has 170 valence electrons. The van der Waals surface area contributed by atoms with Gasteiger partial charge in [0.15, 0.2) is 11.5 Å². The van der Waals surface area contributed by atoms with Crippen molar-refractivity contribution in [1.82, 2.24) is 4.90 Å². The van der Waals surface area contributed by atoms with Gasteiger partial charge in [-0.2, -0.15) is 0 Å². The Morgan fingerprint density at radius 1 is 1.21 bits per heavy atom. The molecule has 0 radical (unpaired) electrons. The molecule has 8 nitrogen and oxygen atoms in total. The van der Waals surface area contributed by atoms with E-state index in [-0.39, 0.29) is 12.5 Å². The van der Waals surface area contributed by atoms with Crippen molar-refractivity contribution in [3.8, 4) is 17.2 Å². The first kappa shape index (κ1) is 22.1. The van der Waals surface area contributed by atoms with Crippen molar-refractivity contribution in [2.45, 2.75) is 13.5 Å². The first-order valence-electron chi connectivity index (χ1n) is 10.6. The molecule has 2 aromatic rings. The molecule has 33 heavy (non-hydrogen) atoms. The van der Waals surface area contributed by atoms with E-state index >= 15 is 0 Å². The van der Waals surface area contributed by atoms with Gasteiger partial charge in [0.05, 0.1) is 20.0 Å². The van der Waals surface area contributed by atoms with Gasteiger partial charge in [-0.15, -0.1) is 0 Å². The summed E-state index contributed by atoms with van der Waals surface area (Å²) in [5, 5.41) is 2.88. The summed E-state index contributed by atoms with van der Waals surface area (Å²) >= 11 is 0. The van der Waals surface area contributed by atoms with Crippen molar-refractivity contribution < 1.29 is 19.0 Å². The van der Waals surface area contributed by atoms with Crippen LogP contribution in [0.25, 0.3) is 0 Å². The Kier molecular flexibility index (Phi) is 6.73. The molecule has 0 bridgehead atoms. The van der Waals surface area contributed by atoms with Crippen LogP contribution in [0.3, 0.4) is 0 Å². The molecule has 8 heteroatoms. The van der Waals surface area contributed by atoms with E-state index < -0.39 is 0 Å². The van der Waals surface area contributed by atoms with E-state index in [9.17, 15) is 4.79 Å². The van der Waals surface area contributed by atoms with Gasteiger partial charge in [-0.3, -0.25) is 9.79 Å². The van der Waals surface area contributed by atoms with Gasteiger partial charge in [-0.1, -0.05) is 18.7 Å². The average molecular weight is 447 g/mol. The van der Waals surface area contributed by atoms with E-state index in [1.807, 2.05) is 31.2 Å². The van der Waals surface area contributed by atoms with Crippen LogP contribution in [-0.4, -0.2) is 50.2 Å². The van der Waals surface area contributed by atoms with Gasteiger partial charge >= 0.3 is 0 Å². The number of carbonyl (C=O) groups excluding carboxylic acids is 1. The summed E-state index contributed by atoms with van der Waals surface area (Å²) in [6.07, 6.45) is 3.37. The van der Waals surface area contributed by atoms with Crippen molar-refractivity contribution in [3.63, 3.8) is 0 Å². The molecule has 2 heterocycles. The number of amides is 1. The molecule has 1 amide bonds. The first-order chi connectivity index (χ1) is 16.0. The largest absolute Gasteiger partial charge is 0.497 e. The number of fused-ring (bicyclic) bond motifs is 1. The van der Waals surface area contributed by atoms with Crippen LogP contribution in [0.2, 0.25) is 0 Å². The number of hydrogen-bond acceptors (Lipinski definition) is 7. The number of ether oxygens (including phenoxy) is 3. The van der Waals surface area contributed by atoms with Gasteiger partial charge in [-0.25, -0.2) is 4.99 Å². The maximum Gasteiger partial charge on any atom is 0.244 e. The Morgan fingerprint density at radius 2 is 1.97 bits per heavy atom. The lowest BCUT2D eigenvalue weighted by Crippen LogP contribution is -2.34. The first-order valence-corrected chi connectivity index (χ1v) is 10.6. The quantitative estimate of drug-likeness (QED) is 0.654. The van der Waals surface area contributed by atoms with Crippen LogP contribution in [0.4, 0.5) is 5.69 Å². The summed E-state index contributed by atoms with van der Waals surface area (Å²) < 4.78 is 16.3. The minimum Gasteiger partial charge on any atom is -0.497 e. The predicted octanol–water partition coefficient (Wildman–Crippen LogP) is 3.81. The fraction of sp³-hybridized carbons (Fsp3) is 0.240. The van der Waals surface area contributed by atoms with E-state index in [4.69, 9.17) is 14.2 Å². The molecule has 0 spiro atoms. The van der Waals surface area contributed by atoms with Gasteiger partial charge in [0.25, 0.3) is 0 Å². The zero-order chi connectivity index (χ0) is 23.2.